The fourth-order valence-corrected chi connectivity index (χ4v) is 0.974. The maximum absolute atomic E-state index is 10.5. The van der Waals surface area contributed by atoms with Crippen LogP contribution in [0.2, 0.25) is 0 Å². The van der Waals surface area contributed by atoms with Crippen molar-refractivity contribution in [3.05, 3.63) is 0 Å². The second kappa shape index (κ2) is 4.18. The molecule has 0 unspecified atom stereocenters. The minimum absolute atomic E-state index is 0.0440. The molecule has 0 rings (SSSR count). The summed E-state index contributed by atoms with van der Waals surface area (Å²) in [6.07, 6.45) is 0. The number of hydrogen-bond acceptors (Lipinski definition) is 4. The van der Waals surface area contributed by atoms with Crippen molar-refractivity contribution < 1.29 is 13.5 Å². The highest BCUT2D eigenvalue weighted by Crippen LogP contribution is 1.98. The first-order valence-corrected chi connectivity index (χ1v) is 5.35. The topological polar surface area (TPSA) is 92.4 Å². The van der Waals surface area contributed by atoms with E-state index in [-0.39, 0.29) is 18.9 Å². The zero-order valence-electron chi connectivity index (χ0n) is 7.37. The summed E-state index contributed by atoms with van der Waals surface area (Å²) in [5.41, 5.74) is -0.454. The Hall–Kier alpha value is -0.170. The van der Waals surface area contributed by atoms with Crippen LogP contribution >= 0.6 is 0 Å². The van der Waals surface area contributed by atoms with Gasteiger partial charge in [0.15, 0.2) is 0 Å². The van der Waals surface area contributed by atoms with E-state index in [2.05, 4.69) is 5.32 Å². The lowest BCUT2D eigenvalue weighted by Crippen LogP contribution is -2.45. The van der Waals surface area contributed by atoms with E-state index in [0.29, 0.717) is 0 Å². The average Bonchev–Trinajstić information content (AvgIpc) is 1.84. The quantitative estimate of drug-likeness (QED) is 0.506. The molecule has 0 aromatic heterocycles. The average molecular weight is 196 g/mol. The SMILES string of the molecule is CC(C)(CO)NCCS(N)(=O)=O. The van der Waals surface area contributed by atoms with Gasteiger partial charge in [-0.05, 0) is 13.8 Å². The Morgan fingerprint density at radius 3 is 2.33 bits per heavy atom. The van der Waals surface area contributed by atoms with E-state index in [1.807, 2.05) is 0 Å². The van der Waals surface area contributed by atoms with Gasteiger partial charge in [-0.25, -0.2) is 13.6 Å². The molecule has 0 saturated heterocycles. The van der Waals surface area contributed by atoms with Crippen LogP contribution in [-0.2, 0) is 10.0 Å². The summed E-state index contributed by atoms with van der Waals surface area (Å²) in [7, 11) is -3.40. The van der Waals surface area contributed by atoms with Crippen LogP contribution in [0, 0.1) is 0 Å². The zero-order valence-corrected chi connectivity index (χ0v) is 8.19. The van der Waals surface area contributed by atoms with Crippen LogP contribution in [0.25, 0.3) is 0 Å². The normalized spacial score (nSPS) is 13.3. The standard InChI is InChI=1S/C6H16N2O3S/c1-6(2,5-9)8-3-4-12(7,10)11/h8-9H,3-5H2,1-2H3,(H2,7,10,11). The van der Waals surface area contributed by atoms with Gasteiger partial charge in [-0.15, -0.1) is 0 Å². The van der Waals surface area contributed by atoms with Crippen LogP contribution < -0.4 is 10.5 Å². The third-order valence-corrected chi connectivity index (χ3v) is 2.16. The lowest BCUT2D eigenvalue weighted by Gasteiger charge is -2.22. The predicted octanol–water partition coefficient (Wildman–Crippen LogP) is -1.36. The number of nitrogens with one attached hydrogen (secondary N) is 1. The van der Waals surface area contributed by atoms with Crippen molar-refractivity contribution in [3.8, 4) is 0 Å². The first-order chi connectivity index (χ1) is 5.27. The highest BCUT2D eigenvalue weighted by Gasteiger charge is 2.15. The smallest absolute Gasteiger partial charge is 0.210 e. The first kappa shape index (κ1) is 11.8. The summed E-state index contributed by atoms with van der Waals surface area (Å²) < 4.78 is 21.0. The molecule has 74 valence electrons. The lowest BCUT2D eigenvalue weighted by atomic mass is 10.1. The number of sulfonamides is 1. The molecule has 0 fully saturated rings. The number of aliphatic hydroxyl groups is 1. The second-order valence-corrected chi connectivity index (χ2v) is 5.07. The van der Waals surface area contributed by atoms with Crippen molar-refractivity contribution >= 4 is 10.0 Å². The summed E-state index contributed by atoms with van der Waals surface area (Å²) >= 11 is 0. The molecular weight excluding hydrogens is 180 g/mol. The minimum Gasteiger partial charge on any atom is -0.394 e. The molecule has 12 heavy (non-hydrogen) atoms. The summed E-state index contributed by atoms with van der Waals surface area (Å²) in [5.74, 6) is -0.115. The van der Waals surface area contributed by atoms with Gasteiger partial charge in [0.25, 0.3) is 0 Å². The van der Waals surface area contributed by atoms with Gasteiger partial charge in [0.2, 0.25) is 10.0 Å². The number of nitrogens with two attached hydrogens (primary N) is 1. The van der Waals surface area contributed by atoms with Gasteiger partial charge in [-0.2, -0.15) is 0 Å². The maximum atomic E-state index is 10.5. The Balaban J connectivity index is 3.72. The Labute approximate surface area is 73.0 Å². The van der Waals surface area contributed by atoms with E-state index in [9.17, 15) is 8.42 Å². The molecule has 0 amide bonds. The Morgan fingerprint density at radius 1 is 1.50 bits per heavy atom. The predicted molar refractivity (Wildman–Crippen MR) is 47.1 cm³/mol. The molecule has 0 heterocycles. The molecule has 0 aromatic carbocycles. The van der Waals surface area contributed by atoms with Crippen LogP contribution in [-0.4, -0.2) is 38.0 Å². The third-order valence-electron chi connectivity index (χ3n) is 1.39. The number of aliphatic hydroxyl groups excluding tert-OH is 1. The van der Waals surface area contributed by atoms with Gasteiger partial charge in [-0.3, -0.25) is 0 Å². The lowest BCUT2D eigenvalue weighted by molar-refractivity contribution is 0.191. The molecule has 6 heteroatoms. The van der Waals surface area contributed by atoms with Crippen molar-refractivity contribution in [2.24, 2.45) is 5.14 Å². The minimum atomic E-state index is -3.40. The Kier molecular flexibility index (Phi) is 4.12. The molecule has 5 nitrogen and oxygen atoms in total. The molecule has 0 aromatic rings. The van der Waals surface area contributed by atoms with Crippen molar-refractivity contribution in [2.75, 3.05) is 18.9 Å². The first-order valence-electron chi connectivity index (χ1n) is 3.63. The van der Waals surface area contributed by atoms with Crippen molar-refractivity contribution in [1.29, 1.82) is 0 Å². The number of primary sulfonamides is 1. The fourth-order valence-electron chi connectivity index (χ4n) is 0.588. The highest BCUT2D eigenvalue weighted by molar-refractivity contribution is 7.89. The van der Waals surface area contributed by atoms with Gasteiger partial charge < -0.3 is 10.4 Å². The summed E-state index contributed by atoms with van der Waals surface area (Å²) in [6.45, 7) is 3.76. The summed E-state index contributed by atoms with van der Waals surface area (Å²) in [6, 6.07) is 0. The fraction of sp³-hybridized carbons (Fsp3) is 1.00. The van der Waals surface area contributed by atoms with E-state index in [0.717, 1.165) is 0 Å². The van der Waals surface area contributed by atoms with Gasteiger partial charge in [-0.1, -0.05) is 0 Å². The number of hydrogen-bond donors (Lipinski definition) is 3. The van der Waals surface area contributed by atoms with Gasteiger partial charge in [0, 0.05) is 12.1 Å². The summed E-state index contributed by atoms with van der Waals surface area (Å²) in [5, 5.41) is 16.4. The van der Waals surface area contributed by atoms with Crippen molar-refractivity contribution in [1.82, 2.24) is 5.32 Å². The van der Waals surface area contributed by atoms with Crippen molar-refractivity contribution in [3.63, 3.8) is 0 Å². The van der Waals surface area contributed by atoms with Crippen LogP contribution in [0.5, 0.6) is 0 Å². The zero-order chi connectivity index (χ0) is 9.83. The molecule has 0 aliphatic rings. The number of rotatable bonds is 5. The van der Waals surface area contributed by atoms with Gasteiger partial charge in [0.1, 0.15) is 0 Å². The van der Waals surface area contributed by atoms with Crippen LogP contribution in [0.3, 0.4) is 0 Å². The largest absolute Gasteiger partial charge is 0.394 e. The van der Waals surface area contributed by atoms with E-state index in [1.165, 1.54) is 0 Å². The molecule has 0 saturated carbocycles. The van der Waals surface area contributed by atoms with Crippen LogP contribution in [0.1, 0.15) is 13.8 Å². The van der Waals surface area contributed by atoms with E-state index in [1.54, 1.807) is 13.8 Å². The molecule has 0 aliphatic heterocycles. The van der Waals surface area contributed by atoms with E-state index in [4.69, 9.17) is 10.2 Å². The molecule has 4 N–H and O–H groups in total. The monoisotopic (exact) mass is 196 g/mol. The van der Waals surface area contributed by atoms with E-state index < -0.39 is 15.6 Å². The van der Waals surface area contributed by atoms with Gasteiger partial charge in [0.05, 0.1) is 12.4 Å². The molecule has 0 bridgehead atoms. The van der Waals surface area contributed by atoms with Crippen LogP contribution in [0.4, 0.5) is 0 Å². The molecule has 0 radical (unpaired) electrons. The van der Waals surface area contributed by atoms with Crippen molar-refractivity contribution in [2.45, 2.75) is 19.4 Å². The maximum Gasteiger partial charge on any atom is 0.210 e. The second-order valence-electron chi connectivity index (χ2n) is 3.34. The van der Waals surface area contributed by atoms with Gasteiger partial charge >= 0.3 is 0 Å². The Bertz CT molecular complexity index is 223. The van der Waals surface area contributed by atoms with E-state index >= 15 is 0 Å². The molecular formula is C6H16N2O3S. The van der Waals surface area contributed by atoms with Crippen LogP contribution in [0.15, 0.2) is 0 Å². The highest BCUT2D eigenvalue weighted by atomic mass is 32.2. The molecule has 0 aliphatic carbocycles. The summed E-state index contributed by atoms with van der Waals surface area (Å²) in [4.78, 5) is 0. The Morgan fingerprint density at radius 2 is 2.00 bits per heavy atom. The molecule has 0 atom stereocenters. The third kappa shape index (κ3) is 6.53. The molecule has 0 spiro atoms.